The van der Waals surface area contributed by atoms with Gasteiger partial charge in [0, 0.05) is 44.8 Å². The van der Waals surface area contributed by atoms with Crippen LogP contribution in [0, 0.1) is 6.92 Å². The predicted octanol–water partition coefficient (Wildman–Crippen LogP) is 4.96. The van der Waals surface area contributed by atoms with E-state index in [1.807, 2.05) is 0 Å². The minimum atomic E-state index is -0.331. The molecule has 0 saturated heterocycles. The molecule has 5 rings (SSSR count). The van der Waals surface area contributed by atoms with E-state index in [-0.39, 0.29) is 68.8 Å². The summed E-state index contributed by atoms with van der Waals surface area (Å²) in [6.07, 6.45) is 4.94. The molecule has 2 aliphatic carbocycles. The maximum atomic E-state index is 13.4. The number of ketones is 4. The van der Waals surface area contributed by atoms with Crippen LogP contribution in [0.2, 0.25) is 0 Å². The molecule has 6 heteroatoms. The second kappa shape index (κ2) is 8.68. The van der Waals surface area contributed by atoms with E-state index in [1.165, 1.54) is 6.08 Å². The number of benzene rings is 3. The Bertz CT molecular complexity index is 1670. The summed E-state index contributed by atoms with van der Waals surface area (Å²) in [5, 5.41) is 0. The Morgan fingerprint density at radius 1 is 0.784 bits per heavy atom. The molecule has 0 heterocycles. The molecule has 0 amide bonds. The van der Waals surface area contributed by atoms with E-state index in [0.29, 0.717) is 27.8 Å². The number of nitrogen functional groups attached to an aromatic ring is 2. The van der Waals surface area contributed by atoms with Crippen molar-refractivity contribution in [2.45, 2.75) is 20.3 Å². The minimum Gasteiger partial charge on any atom is -0.398 e. The highest BCUT2D eigenvalue weighted by Crippen LogP contribution is 2.36. The van der Waals surface area contributed by atoms with Crippen LogP contribution >= 0.6 is 0 Å². The van der Waals surface area contributed by atoms with Gasteiger partial charge in [0.15, 0.2) is 23.1 Å². The summed E-state index contributed by atoms with van der Waals surface area (Å²) in [6, 6.07) is 11.8. The fraction of sp³-hybridized carbons (Fsp3) is 0.0968. The van der Waals surface area contributed by atoms with Crippen molar-refractivity contribution in [1.29, 1.82) is 0 Å². The maximum Gasteiger partial charge on any atom is 0.196 e. The first-order valence-electron chi connectivity index (χ1n) is 11.8. The van der Waals surface area contributed by atoms with E-state index in [2.05, 4.69) is 6.58 Å². The van der Waals surface area contributed by atoms with E-state index in [1.54, 1.807) is 68.5 Å². The fourth-order valence-electron chi connectivity index (χ4n) is 5.15. The summed E-state index contributed by atoms with van der Waals surface area (Å²) in [6.45, 7) is 7.03. The van der Waals surface area contributed by atoms with Gasteiger partial charge in [-0.15, -0.1) is 0 Å². The van der Waals surface area contributed by atoms with Crippen molar-refractivity contribution in [2.24, 2.45) is 0 Å². The van der Waals surface area contributed by atoms with Crippen LogP contribution in [0.4, 0.5) is 11.4 Å². The summed E-state index contributed by atoms with van der Waals surface area (Å²) < 4.78 is 0. The molecule has 4 N–H and O–H groups in total. The molecule has 0 aromatic heterocycles. The second-order valence-corrected chi connectivity index (χ2v) is 9.29. The van der Waals surface area contributed by atoms with Crippen LogP contribution in [0.3, 0.4) is 0 Å². The largest absolute Gasteiger partial charge is 0.398 e. The van der Waals surface area contributed by atoms with Crippen LogP contribution in [-0.2, 0) is 6.42 Å². The van der Waals surface area contributed by atoms with E-state index in [0.717, 1.165) is 5.56 Å². The molecule has 0 bridgehead atoms. The summed E-state index contributed by atoms with van der Waals surface area (Å²) in [4.78, 5) is 52.8. The highest BCUT2D eigenvalue weighted by atomic mass is 16.1. The molecule has 0 radical (unpaired) electrons. The second-order valence-electron chi connectivity index (χ2n) is 9.29. The number of hydrogen-bond donors (Lipinski definition) is 2. The molecule has 3 aromatic carbocycles. The minimum absolute atomic E-state index is 0.165. The molecule has 3 aromatic rings. The molecule has 6 nitrogen and oxygen atoms in total. The van der Waals surface area contributed by atoms with Crippen molar-refractivity contribution in [2.75, 3.05) is 11.5 Å². The standard InChI is InChI=1S/C31H24N2O4/c1-4-5-8-19-16(3)28(34)21-11-10-18(27(33)26(21)29(19)35)12-17-13-22-25(23(32)14-17)30(36)20-9-6-7-15(2)24(20)31(22)37/h4-11,13-14H,1,12,32-33H2,2-3H3/b8-5-. The number of carbonyl (C=O) groups is 4. The Morgan fingerprint density at radius 2 is 1.49 bits per heavy atom. The molecular weight excluding hydrogens is 464 g/mol. The first-order valence-corrected chi connectivity index (χ1v) is 11.8. The molecule has 0 aliphatic heterocycles. The molecule has 182 valence electrons. The smallest absolute Gasteiger partial charge is 0.196 e. The molecular formula is C31H24N2O4. The Balaban J connectivity index is 1.58. The SMILES string of the molecule is C=C/C=C\C1=C(C)C(=O)c2ccc(Cc3cc(N)c4c(c3)C(=O)c3c(C)cccc3C4=O)c(N)c2C1=O. The number of nitrogens with two attached hydrogens (primary N) is 2. The van der Waals surface area contributed by atoms with Gasteiger partial charge in [0.2, 0.25) is 0 Å². The van der Waals surface area contributed by atoms with Crippen LogP contribution in [0.1, 0.15) is 76.2 Å². The normalized spacial score (nSPS) is 14.6. The van der Waals surface area contributed by atoms with Gasteiger partial charge < -0.3 is 11.5 Å². The Hall–Kier alpha value is -4.84. The molecule has 37 heavy (non-hydrogen) atoms. The van der Waals surface area contributed by atoms with Gasteiger partial charge in [-0.1, -0.05) is 49.1 Å². The first-order chi connectivity index (χ1) is 17.6. The first kappa shape index (κ1) is 23.9. The summed E-state index contributed by atoms with van der Waals surface area (Å²) >= 11 is 0. The van der Waals surface area contributed by atoms with Crippen molar-refractivity contribution >= 4 is 34.5 Å². The third-order valence-electron chi connectivity index (χ3n) is 7.04. The number of hydrogen-bond acceptors (Lipinski definition) is 6. The lowest BCUT2D eigenvalue weighted by Crippen LogP contribution is -2.24. The number of anilines is 2. The van der Waals surface area contributed by atoms with Crippen molar-refractivity contribution in [3.8, 4) is 0 Å². The zero-order chi connectivity index (χ0) is 26.6. The van der Waals surface area contributed by atoms with Crippen LogP contribution in [0.5, 0.6) is 0 Å². The quantitative estimate of drug-likeness (QED) is 0.309. The Labute approximate surface area is 214 Å². The Morgan fingerprint density at radius 3 is 2.22 bits per heavy atom. The predicted molar refractivity (Wildman–Crippen MR) is 143 cm³/mol. The van der Waals surface area contributed by atoms with E-state index >= 15 is 0 Å². The van der Waals surface area contributed by atoms with Crippen LogP contribution in [0.15, 0.2) is 78.4 Å². The van der Waals surface area contributed by atoms with Gasteiger partial charge >= 0.3 is 0 Å². The lowest BCUT2D eigenvalue weighted by molar-refractivity contribution is 0.0978. The molecule has 0 spiro atoms. The number of fused-ring (bicyclic) bond motifs is 3. The summed E-state index contributed by atoms with van der Waals surface area (Å²) in [5.41, 5.74) is 17.4. The maximum absolute atomic E-state index is 13.4. The van der Waals surface area contributed by atoms with Gasteiger partial charge in [-0.2, -0.15) is 0 Å². The topological polar surface area (TPSA) is 120 Å². The van der Waals surface area contributed by atoms with Crippen molar-refractivity contribution in [3.63, 3.8) is 0 Å². The molecule has 0 fully saturated rings. The van der Waals surface area contributed by atoms with Crippen molar-refractivity contribution < 1.29 is 19.2 Å². The average Bonchev–Trinajstić information content (AvgIpc) is 2.86. The zero-order valence-corrected chi connectivity index (χ0v) is 20.5. The average molecular weight is 489 g/mol. The fourth-order valence-corrected chi connectivity index (χ4v) is 5.15. The number of aryl methyl sites for hydroxylation is 1. The number of rotatable bonds is 4. The lowest BCUT2D eigenvalue weighted by Gasteiger charge is -2.22. The molecule has 0 atom stereocenters. The van der Waals surface area contributed by atoms with E-state index in [9.17, 15) is 19.2 Å². The lowest BCUT2D eigenvalue weighted by atomic mass is 9.79. The number of Topliss-reactive ketones (excluding diaryl/α,β-unsaturated/α-hetero) is 2. The van der Waals surface area contributed by atoms with Gasteiger partial charge in [0.05, 0.1) is 11.1 Å². The summed E-state index contributed by atoms with van der Waals surface area (Å²) in [5.74, 6) is -1.12. The number of allylic oxidation sites excluding steroid dienone is 5. The monoisotopic (exact) mass is 488 g/mol. The van der Waals surface area contributed by atoms with Gasteiger partial charge in [-0.25, -0.2) is 0 Å². The Kier molecular flexibility index (Phi) is 5.60. The third-order valence-corrected chi connectivity index (χ3v) is 7.04. The summed E-state index contributed by atoms with van der Waals surface area (Å²) in [7, 11) is 0. The third kappa shape index (κ3) is 3.57. The van der Waals surface area contributed by atoms with Gasteiger partial charge in [0.25, 0.3) is 0 Å². The molecule has 0 unspecified atom stereocenters. The van der Waals surface area contributed by atoms with Gasteiger partial charge in [-0.05, 0) is 55.2 Å². The zero-order valence-electron chi connectivity index (χ0n) is 20.5. The molecule has 2 aliphatic rings. The van der Waals surface area contributed by atoms with Crippen LogP contribution in [0.25, 0.3) is 0 Å². The van der Waals surface area contributed by atoms with Gasteiger partial charge in [0.1, 0.15) is 0 Å². The molecule has 0 saturated carbocycles. The van der Waals surface area contributed by atoms with E-state index < -0.39 is 0 Å². The van der Waals surface area contributed by atoms with Crippen molar-refractivity contribution in [3.05, 3.63) is 128 Å². The van der Waals surface area contributed by atoms with Gasteiger partial charge in [-0.3, -0.25) is 19.2 Å². The van der Waals surface area contributed by atoms with Crippen LogP contribution < -0.4 is 11.5 Å². The van der Waals surface area contributed by atoms with E-state index in [4.69, 9.17) is 11.5 Å². The highest BCUT2D eigenvalue weighted by Gasteiger charge is 2.34. The highest BCUT2D eigenvalue weighted by molar-refractivity contribution is 6.31. The van der Waals surface area contributed by atoms with Crippen molar-refractivity contribution in [1.82, 2.24) is 0 Å². The number of carbonyl (C=O) groups excluding carboxylic acids is 4. The van der Waals surface area contributed by atoms with Crippen LogP contribution in [-0.4, -0.2) is 23.1 Å².